The van der Waals surface area contributed by atoms with E-state index in [4.69, 9.17) is 0 Å². The van der Waals surface area contributed by atoms with Crippen molar-refractivity contribution in [1.82, 2.24) is 0 Å². The number of anilines is 1. The fourth-order valence-corrected chi connectivity index (χ4v) is 4.15. The molecule has 5 nitrogen and oxygen atoms in total. The molecule has 0 aliphatic heterocycles. The highest BCUT2D eigenvalue weighted by molar-refractivity contribution is 6.06. The Morgan fingerprint density at radius 3 is 1.95 bits per heavy atom. The van der Waals surface area contributed by atoms with Gasteiger partial charge in [-0.3, -0.25) is 4.79 Å². The molecule has 0 heterocycles. The second kappa shape index (κ2) is 12.6. The van der Waals surface area contributed by atoms with Gasteiger partial charge in [0.1, 0.15) is 11.3 Å². The lowest BCUT2D eigenvalue weighted by atomic mass is 10.1. The van der Waals surface area contributed by atoms with Crippen LogP contribution in [0.25, 0.3) is 0 Å². The summed E-state index contributed by atoms with van der Waals surface area (Å²) in [5.74, 6) is 4.50. The summed E-state index contributed by atoms with van der Waals surface area (Å²) < 4.78 is 0. The van der Waals surface area contributed by atoms with E-state index >= 15 is 0 Å². The van der Waals surface area contributed by atoms with E-state index in [-0.39, 0.29) is 23.8 Å². The first-order valence-corrected chi connectivity index (χ1v) is 13.0. The van der Waals surface area contributed by atoms with E-state index in [0.717, 1.165) is 28.7 Å². The molecule has 4 rings (SSSR count). The molecule has 39 heavy (non-hydrogen) atoms. The molecule has 0 radical (unpaired) electrons. The van der Waals surface area contributed by atoms with Gasteiger partial charge in [-0.2, -0.15) is 0 Å². The maximum Gasteiger partial charge on any atom is 0.339 e. The molecule has 4 aromatic carbocycles. The molecular formula is C34H31NO4. The molecule has 0 saturated heterocycles. The monoisotopic (exact) mass is 517 g/mol. The average molecular weight is 518 g/mol. The van der Waals surface area contributed by atoms with Crippen LogP contribution in [0.2, 0.25) is 0 Å². The minimum atomic E-state index is -1.27. The summed E-state index contributed by atoms with van der Waals surface area (Å²) in [6.07, 6.45) is 3.43. The maximum atomic E-state index is 13.5. The Hall–Kier alpha value is -4.82. The molecule has 1 amide bonds. The first-order chi connectivity index (χ1) is 18.8. The summed E-state index contributed by atoms with van der Waals surface area (Å²) in [6, 6.07) is 27.3. The number of carboxylic acid groups (broad SMARTS) is 1. The molecule has 0 unspecified atom stereocenters. The molecule has 2 N–H and O–H groups in total. The molecule has 0 aliphatic carbocycles. The quantitative estimate of drug-likeness (QED) is 0.247. The van der Waals surface area contributed by atoms with Crippen molar-refractivity contribution < 1.29 is 19.8 Å². The van der Waals surface area contributed by atoms with E-state index in [1.165, 1.54) is 35.4 Å². The number of aromatic hydroxyl groups is 1. The SMILES string of the molecule is CCCCc1ccc(C#Cc2ccc(CN(C(=O)c3ccc(C)cc3)c3ccc(O)c(C(=O)O)c3)cc2)cc1. The highest BCUT2D eigenvalue weighted by atomic mass is 16.4. The second-order valence-corrected chi connectivity index (χ2v) is 9.51. The van der Waals surface area contributed by atoms with Gasteiger partial charge in [0.05, 0.1) is 6.54 Å². The molecule has 0 saturated carbocycles. The Labute approximate surface area is 229 Å². The van der Waals surface area contributed by atoms with Crippen molar-refractivity contribution in [2.45, 2.75) is 39.7 Å². The zero-order valence-electron chi connectivity index (χ0n) is 22.1. The lowest BCUT2D eigenvalue weighted by Crippen LogP contribution is -2.30. The number of carbonyl (C=O) groups excluding carboxylic acids is 1. The van der Waals surface area contributed by atoms with Crippen LogP contribution >= 0.6 is 0 Å². The number of rotatable bonds is 8. The van der Waals surface area contributed by atoms with Crippen molar-refractivity contribution in [2.24, 2.45) is 0 Å². The van der Waals surface area contributed by atoms with Crippen molar-refractivity contribution in [3.63, 3.8) is 0 Å². The molecule has 0 bridgehead atoms. The summed E-state index contributed by atoms with van der Waals surface area (Å²) in [4.78, 5) is 26.7. The van der Waals surface area contributed by atoms with Crippen LogP contribution in [0, 0.1) is 18.8 Å². The number of aryl methyl sites for hydroxylation is 2. The fraction of sp³-hybridized carbons (Fsp3) is 0.176. The van der Waals surface area contributed by atoms with E-state index in [2.05, 4.69) is 30.9 Å². The van der Waals surface area contributed by atoms with Crippen LogP contribution in [0.15, 0.2) is 91.0 Å². The average Bonchev–Trinajstić information content (AvgIpc) is 2.95. The van der Waals surface area contributed by atoms with Gasteiger partial charge in [-0.1, -0.05) is 67.1 Å². The van der Waals surface area contributed by atoms with E-state index in [0.29, 0.717) is 11.3 Å². The molecular weight excluding hydrogens is 486 g/mol. The first kappa shape index (κ1) is 27.2. The molecule has 5 heteroatoms. The number of unbranched alkanes of at least 4 members (excludes halogenated alkanes) is 1. The molecule has 0 fully saturated rings. The highest BCUT2D eigenvalue weighted by Crippen LogP contribution is 2.27. The standard InChI is InChI=1S/C34H31NO4/c1-3-4-5-25-8-10-26(11-9-25)12-13-27-14-16-28(17-15-27)23-35(33(37)29-18-6-24(2)7-19-29)30-20-21-32(36)31(22-30)34(38)39/h6-11,14-22,36H,3-5,23H2,1-2H3,(H,38,39). The lowest BCUT2D eigenvalue weighted by molar-refractivity contribution is 0.0693. The minimum absolute atomic E-state index is 0.212. The lowest BCUT2D eigenvalue weighted by Gasteiger charge is -2.24. The van der Waals surface area contributed by atoms with Crippen LogP contribution in [0.5, 0.6) is 5.75 Å². The predicted octanol–water partition coefficient (Wildman–Crippen LogP) is 6.99. The van der Waals surface area contributed by atoms with Crippen LogP contribution < -0.4 is 4.90 Å². The summed E-state index contributed by atoms with van der Waals surface area (Å²) in [7, 11) is 0. The van der Waals surface area contributed by atoms with Gasteiger partial charge >= 0.3 is 5.97 Å². The molecule has 0 atom stereocenters. The second-order valence-electron chi connectivity index (χ2n) is 9.51. The Bertz CT molecular complexity index is 1510. The number of carbonyl (C=O) groups is 2. The van der Waals surface area contributed by atoms with Gasteiger partial charge in [0.2, 0.25) is 0 Å². The zero-order valence-corrected chi connectivity index (χ0v) is 22.1. The summed E-state index contributed by atoms with van der Waals surface area (Å²) >= 11 is 0. The van der Waals surface area contributed by atoms with Gasteiger partial charge in [-0.05, 0) is 85.5 Å². The van der Waals surface area contributed by atoms with Gasteiger partial charge in [0.15, 0.2) is 0 Å². The van der Waals surface area contributed by atoms with Gasteiger partial charge in [-0.15, -0.1) is 0 Å². The number of benzene rings is 4. The summed E-state index contributed by atoms with van der Waals surface area (Å²) in [5.41, 5.74) is 5.60. The van der Waals surface area contributed by atoms with Crippen LogP contribution in [0.3, 0.4) is 0 Å². The van der Waals surface area contributed by atoms with Gasteiger partial charge in [0, 0.05) is 22.4 Å². The molecule has 196 valence electrons. The van der Waals surface area contributed by atoms with E-state index in [9.17, 15) is 19.8 Å². The molecule has 4 aromatic rings. The minimum Gasteiger partial charge on any atom is -0.507 e. The predicted molar refractivity (Wildman–Crippen MR) is 154 cm³/mol. The molecule has 0 spiro atoms. The van der Waals surface area contributed by atoms with Crippen LogP contribution in [-0.4, -0.2) is 22.1 Å². The van der Waals surface area contributed by atoms with Crippen molar-refractivity contribution in [3.8, 4) is 17.6 Å². The van der Waals surface area contributed by atoms with Crippen molar-refractivity contribution in [1.29, 1.82) is 0 Å². The fourth-order valence-electron chi connectivity index (χ4n) is 4.15. The Balaban J connectivity index is 1.57. The smallest absolute Gasteiger partial charge is 0.339 e. The molecule has 0 aromatic heterocycles. The van der Waals surface area contributed by atoms with Crippen LogP contribution in [0.1, 0.15) is 68.3 Å². The Kier molecular flexibility index (Phi) is 8.81. The van der Waals surface area contributed by atoms with Crippen molar-refractivity contribution in [2.75, 3.05) is 4.90 Å². The molecule has 0 aliphatic rings. The van der Waals surface area contributed by atoms with E-state index in [1.807, 2.05) is 55.5 Å². The van der Waals surface area contributed by atoms with E-state index < -0.39 is 5.97 Å². The number of hydrogen-bond acceptors (Lipinski definition) is 3. The normalized spacial score (nSPS) is 10.4. The summed E-state index contributed by atoms with van der Waals surface area (Å²) in [6.45, 7) is 4.34. The highest BCUT2D eigenvalue weighted by Gasteiger charge is 2.21. The van der Waals surface area contributed by atoms with Crippen LogP contribution in [-0.2, 0) is 13.0 Å². The zero-order chi connectivity index (χ0) is 27.8. The van der Waals surface area contributed by atoms with E-state index in [1.54, 1.807) is 18.2 Å². The number of phenols is 1. The topological polar surface area (TPSA) is 77.8 Å². The number of carboxylic acids is 1. The van der Waals surface area contributed by atoms with Gasteiger partial charge in [-0.25, -0.2) is 4.79 Å². The third-order valence-corrected chi connectivity index (χ3v) is 6.48. The third-order valence-electron chi connectivity index (χ3n) is 6.48. The number of amides is 1. The Morgan fingerprint density at radius 1 is 0.795 bits per heavy atom. The Morgan fingerprint density at radius 2 is 1.38 bits per heavy atom. The van der Waals surface area contributed by atoms with Crippen molar-refractivity contribution in [3.05, 3.63) is 130 Å². The maximum absolute atomic E-state index is 13.5. The summed E-state index contributed by atoms with van der Waals surface area (Å²) in [5, 5.41) is 19.5. The third kappa shape index (κ3) is 7.15. The van der Waals surface area contributed by atoms with Crippen molar-refractivity contribution >= 4 is 17.6 Å². The number of nitrogens with zero attached hydrogens (tertiary/aromatic N) is 1. The first-order valence-electron chi connectivity index (χ1n) is 13.0. The number of aromatic carboxylic acids is 1. The number of hydrogen-bond donors (Lipinski definition) is 2. The van der Waals surface area contributed by atoms with Gasteiger partial charge in [0.25, 0.3) is 5.91 Å². The largest absolute Gasteiger partial charge is 0.507 e. The van der Waals surface area contributed by atoms with Crippen LogP contribution in [0.4, 0.5) is 5.69 Å². The van der Waals surface area contributed by atoms with Gasteiger partial charge < -0.3 is 15.1 Å².